The molecule has 0 saturated heterocycles. The predicted octanol–water partition coefficient (Wildman–Crippen LogP) is 2.37. The monoisotopic (exact) mass is 318 g/mol. The topological polar surface area (TPSA) is 39.7 Å². The average Bonchev–Trinajstić information content (AvgIpc) is 3.43. The van der Waals surface area contributed by atoms with E-state index in [1.807, 2.05) is 6.07 Å². The van der Waals surface area contributed by atoms with Crippen LogP contribution in [0.4, 0.5) is 4.39 Å². The number of rotatable bonds is 8. The first kappa shape index (κ1) is 16.2. The van der Waals surface area contributed by atoms with Crippen LogP contribution in [0.1, 0.15) is 31.2 Å². The maximum Gasteiger partial charge on any atom is 0.191 e. The Hall–Kier alpha value is -1.62. The lowest BCUT2D eigenvalue weighted by Crippen LogP contribution is -2.42. The summed E-state index contributed by atoms with van der Waals surface area (Å²) in [5.74, 6) is 1.52. The van der Waals surface area contributed by atoms with Gasteiger partial charge in [0.1, 0.15) is 5.82 Å². The van der Waals surface area contributed by atoms with Crippen molar-refractivity contribution >= 4 is 5.96 Å². The molecule has 0 radical (unpaired) electrons. The minimum absolute atomic E-state index is 0.201. The molecule has 23 heavy (non-hydrogen) atoms. The van der Waals surface area contributed by atoms with Crippen LogP contribution < -0.4 is 10.6 Å². The Balaban J connectivity index is 1.38. The zero-order valence-electron chi connectivity index (χ0n) is 13.9. The van der Waals surface area contributed by atoms with Gasteiger partial charge >= 0.3 is 0 Å². The van der Waals surface area contributed by atoms with Gasteiger partial charge in [-0.15, -0.1) is 0 Å². The van der Waals surface area contributed by atoms with Crippen molar-refractivity contribution < 1.29 is 4.39 Å². The number of benzene rings is 1. The van der Waals surface area contributed by atoms with Gasteiger partial charge in [-0.1, -0.05) is 12.1 Å². The standard InChI is InChI=1S/C18H27FN4/c1-20-18(22-12-15-3-2-4-16(19)11-15)21-9-10-23(17-7-8-17)13-14-5-6-14/h2-4,11,14,17H,5-10,12-13H2,1H3,(H2,20,21,22). The second-order valence-corrected chi connectivity index (χ2v) is 6.65. The van der Waals surface area contributed by atoms with Gasteiger partial charge in [0.15, 0.2) is 5.96 Å². The lowest BCUT2D eigenvalue weighted by molar-refractivity contribution is 0.256. The van der Waals surface area contributed by atoms with Crippen LogP contribution in [0.5, 0.6) is 0 Å². The van der Waals surface area contributed by atoms with E-state index < -0.39 is 0 Å². The fourth-order valence-electron chi connectivity index (χ4n) is 2.87. The molecule has 1 aromatic rings. The summed E-state index contributed by atoms with van der Waals surface area (Å²) in [6.45, 7) is 3.81. The summed E-state index contributed by atoms with van der Waals surface area (Å²) in [5.41, 5.74) is 0.918. The van der Waals surface area contributed by atoms with E-state index in [4.69, 9.17) is 0 Å². The van der Waals surface area contributed by atoms with E-state index in [-0.39, 0.29) is 5.82 Å². The van der Waals surface area contributed by atoms with E-state index >= 15 is 0 Å². The SMILES string of the molecule is CN=C(NCCN(CC1CC1)C1CC1)NCc1cccc(F)c1. The molecule has 5 heteroatoms. The van der Waals surface area contributed by atoms with Crippen molar-refractivity contribution in [3.05, 3.63) is 35.6 Å². The maximum atomic E-state index is 13.2. The molecule has 0 atom stereocenters. The molecule has 4 nitrogen and oxygen atoms in total. The first-order chi connectivity index (χ1) is 11.2. The summed E-state index contributed by atoms with van der Waals surface area (Å²) in [7, 11) is 1.77. The van der Waals surface area contributed by atoms with Crippen molar-refractivity contribution in [1.29, 1.82) is 0 Å². The Labute approximate surface area is 138 Å². The van der Waals surface area contributed by atoms with Crippen molar-refractivity contribution in [3.63, 3.8) is 0 Å². The Morgan fingerprint density at radius 3 is 2.74 bits per heavy atom. The van der Waals surface area contributed by atoms with Gasteiger partial charge in [0.25, 0.3) is 0 Å². The summed E-state index contributed by atoms with van der Waals surface area (Å²) in [6, 6.07) is 7.47. The van der Waals surface area contributed by atoms with Crippen molar-refractivity contribution in [1.82, 2.24) is 15.5 Å². The highest BCUT2D eigenvalue weighted by atomic mass is 19.1. The normalized spacial score (nSPS) is 18.3. The number of guanidine groups is 1. The molecule has 2 aliphatic rings. The summed E-state index contributed by atoms with van der Waals surface area (Å²) in [6.07, 6.45) is 5.54. The molecule has 2 fully saturated rings. The molecule has 0 heterocycles. The third-order valence-electron chi connectivity index (χ3n) is 4.52. The smallest absolute Gasteiger partial charge is 0.191 e. The molecule has 3 rings (SSSR count). The van der Waals surface area contributed by atoms with Gasteiger partial charge in [0.05, 0.1) is 0 Å². The van der Waals surface area contributed by atoms with Gasteiger partial charge in [-0.2, -0.15) is 0 Å². The fourth-order valence-corrected chi connectivity index (χ4v) is 2.87. The van der Waals surface area contributed by atoms with Crippen LogP contribution in [0, 0.1) is 11.7 Å². The number of halogens is 1. The summed E-state index contributed by atoms with van der Waals surface area (Å²) in [4.78, 5) is 6.87. The highest BCUT2D eigenvalue weighted by Gasteiger charge is 2.33. The minimum atomic E-state index is -0.201. The zero-order valence-corrected chi connectivity index (χ0v) is 13.9. The third-order valence-corrected chi connectivity index (χ3v) is 4.52. The molecular formula is C18H27FN4. The van der Waals surface area contributed by atoms with E-state index in [1.54, 1.807) is 19.2 Å². The summed E-state index contributed by atoms with van der Waals surface area (Å²) >= 11 is 0. The minimum Gasteiger partial charge on any atom is -0.355 e. The Kier molecular flexibility index (Phi) is 5.49. The lowest BCUT2D eigenvalue weighted by atomic mass is 10.2. The first-order valence-corrected chi connectivity index (χ1v) is 8.67. The molecule has 126 valence electrons. The maximum absolute atomic E-state index is 13.2. The Bertz CT molecular complexity index is 538. The Morgan fingerprint density at radius 2 is 2.09 bits per heavy atom. The van der Waals surface area contributed by atoms with Gasteiger partial charge in [0.2, 0.25) is 0 Å². The van der Waals surface area contributed by atoms with Crippen LogP contribution >= 0.6 is 0 Å². The number of nitrogens with zero attached hydrogens (tertiary/aromatic N) is 2. The zero-order chi connectivity index (χ0) is 16.1. The van der Waals surface area contributed by atoms with Gasteiger partial charge < -0.3 is 10.6 Å². The molecule has 0 unspecified atom stereocenters. The van der Waals surface area contributed by atoms with Crippen LogP contribution in [0.15, 0.2) is 29.3 Å². The van der Waals surface area contributed by atoms with Crippen LogP contribution in [0.25, 0.3) is 0 Å². The molecule has 0 amide bonds. The molecular weight excluding hydrogens is 291 g/mol. The van der Waals surface area contributed by atoms with E-state index in [2.05, 4.69) is 20.5 Å². The van der Waals surface area contributed by atoms with E-state index in [0.717, 1.165) is 36.6 Å². The molecule has 0 aliphatic heterocycles. The van der Waals surface area contributed by atoms with Crippen LogP contribution in [0.3, 0.4) is 0 Å². The van der Waals surface area contributed by atoms with Crippen LogP contribution in [0.2, 0.25) is 0 Å². The summed E-state index contributed by atoms with van der Waals surface area (Å²) in [5, 5.41) is 6.60. The van der Waals surface area contributed by atoms with Crippen LogP contribution in [-0.2, 0) is 6.54 Å². The molecule has 2 aliphatic carbocycles. The second-order valence-electron chi connectivity index (χ2n) is 6.65. The molecule has 0 spiro atoms. The van der Waals surface area contributed by atoms with Gasteiger partial charge in [-0.05, 0) is 49.3 Å². The number of hydrogen-bond donors (Lipinski definition) is 2. The molecule has 0 aromatic heterocycles. The Morgan fingerprint density at radius 1 is 1.26 bits per heavy atom. The molecule has 0 bridgehead atoms. The predicted molar refractivity (Wildman–Crippen MR) is 91.9 cm³/mol. The van der Waals surface area contributed by atoms with Crippen LogP contribution in [-0.4, -0.2) is 43.6 Å². The van der Waals surface area contributed by atoms with Crippen molar-refractivity contribution in [2.45, 2.75) is 38.3 Å². The van der Waals surface area contributed by atoms with E-state index in [0.29, 0.717) is 6.54 Å². The molecule has 2 saturated carbocycles. The molecule has 1 aromatic carbocycles. The second kappa shape index (κ2) is 7.77. The average molecular weight is 318 g/mol. The number of hydrogen-bond acceptors (Lipinski definition) is 2. The van der Waals surface area contributed by atoms with Crippen molar-refractivity contribution in [3.8, 4) is 0 Å². The third kappa shape index (κ3) is 5.50. The van der Waals surface area contributed by atoms with Crippen molar-refractivity contribution in [2.24, 2.45) is 10.9 Å². The largest absolute Gasteiger partial charge is 0.355 e. The van der Waals surface area contributed by atoms with Crippen molar-refractivity contribution in [2.75, 3.05) is 26.7 Å². The summed E-state index contributed by atoms with van der Waals surface area (Å²) < 4.78 is 13.2. The first-order valence-electron chi connectivity index (χ1n) is 8.67. The number of nitrogens with one attached hydrogen (secondary N) is 2. The highest BCUT2D eigenvalue weighted by molar-refractivity contribution is 5.79. The van der Waals surface area contributed by atoms with E-state index in [9.17, 15) is 4.39 Å². The molecule has 2 N–H and O–H groups in total. The fraction of sp³-hybridized carbons (Fsp3) is 0.611. The lowest BCUT2D eigenvalue weighted by Gasteiger charge is -2.22. The van der Waals surface area contributed by atoms with Gasteiger partial charge in [-0.3, -0.25) is 9.89 Å². The quantitative estimate of drug-likeness (QED) is 0.571. The van der Waals surface area contributed by atoms with Gasteiger partial charge in [0, 0.05) is 39.3 Å². The highest BCUT2D eigenvalue weighted by Crippen LogP contribution is 2.34. The number of aliphatic imine (C=N–C) groups is 1. The van der Waals surface area contributed by atoms with E-state index in [1.165, 1.54) is 38.3 Å². The van der Waals surface area contributed by atoms with Gasteiger partial charge in [-0.25, -0.2) is 4.39 Å².